The molecule has 0 unspecified atom stereocenters. The normalized spacial score (nSPS) is 11.0. The zero-order valence-corrected chi connectivity index (χ0v) is 10.6. The summed E-state index contributed by atoms with van der Waals surface area (Å²) in [5.41, 5.74) is 2.58. The molecule has 0 fully saturated rings. The SMILES string of the molecule is CCN(CC)Cc1cccn1-c1ccccc1. The third kappa shape index (κ3) is 2.77. The van der Waals surface area contributed by atoms with Gasteiger partial charge in [0, 0.05) is 24.1 Å². The Balaban J connectivity index is 2.23. The molecule has 0 aliphatic heterocycles. The third-order valence-electron chi connectivity index (χ3n) is 3.15. The van der Waals surface area contributed by atoms with Crippen LogP contribution in [0.5, 0.6) is 0 Å². The average molecular weight is 228 g/mol. The molecule has 0 saturated carbocycles. The van der Waals surface area contributed by atoms with Crippen molar-refractivity contribution in [2.75, 3.05) is 13.1 Å². The van der Waals surface area contributed by atoms with Gasteiger partial charge in [0.2, 0.25) is 0 Å². The Morgan fingerprint density at radius 3 is 2.29 bits per heavy atom. The first-order chi connectivity index (χ1) is 8.35. The minimum Gasteiger partial charge on any atom is -0.320 e. The second-order valence-corrected chi connectivity index (χ2v) is 4.17. The van der Waals surface area contributed by atoms with E-state index in [-0.39, 0.29) is 0 Å². The first kappa shape index (κ1) is 11.9. The number of nitrogens with zero attached hydrogens (tertiary/aromatic N) is 2. The van der Waals surface area contributed by atoms with E-state index in [1.54, 1.807) is 0 Å². The van der Waals surface area contributed by atoms with Crippen LogP contribution in [0, 0.1) is 0 Å². The molecule has 1 aromatic carbocycles. The van der Waals surface area contributed by atoms with Crippen LogP contribution in [0.1, 0.15) is 19.5 Å². The molecule has 17 heavy (non-hydrogen) atoms. The lowest BCUT2D eigenvalue weighted by Gasteiger charge is -2.19. The summed E-state index contributed by atoms with van der Waals surface area (Å²) in [7, 11) is 0. The van der Waals surface area contributed by atoms with Crippen LogP contribution in [0.25, 0.3) is 5.69 Å². The second kappa shape index (κ2) is 5.69. The lowest BCUT2D eigenvalue weighted by molar-refractivity contribution is 0.290. The first-order valence-corrected chi connectivity index (χ1v) is 6.29. The monoisotopic (exact) mass is 228 g/mol. The Hall–Kier alpha value is -1.54. The zero-order chi connectivity index (χ0) is 12.1. The van der Waals surface area contributed by atoms with Gasteiger partial charge >= 0.3 is 0 Å². The molecule has 2 nitrogen and oxygen atoms in total. The van der Waals surface area contributed by atoms with E-state index < -0.39 is 0 Å². The molecule has 0 aliphatic rings. The molecular weight excluding hydrogens is 208 g/mol. The Bertz CT molecular complexity index is 441. The molecule has 0 amide bonds. The largest absolute Gasteiger partial charge is 0.320 e. The van der Waals surface area contributed by atoms with Crippen molar-refractivity contribution in [2.24, 2.45) is 0 Å². The van der Waals surface area contributed by atoms with Crippen molar-refractivity contribution in [3.05, 3.63) is 54.4 Å². The summed E-state index contributed by atoms with van der Waals surface area (Å²) in [6.45, 7) is 7.61. The van der Waals surface area contributed by atoms with Crippen LogP contribution in [-0.2, 0) is 6.54 Å². The number of rotatable bonds is 5. The van der Waals surface area contributed by atoms with Gasteiger partial charge in [0.25, 0.3) is 0 Å². The van der Waals surface area contributed by atoms with Crippen molar-refractivity contribution in [3.8, 4) is 5.69 Å². The van der Waals surface area contributed by atoms with E-state index >= 15 is 0 Å². The van der Waals surface area contributed by atoms with Gasteiger partial charge in [-0.05, 0) is 37.4 Å². The minimum absolute atomic E-state index is 1.01. The molecule has 0 spiro atoms. The number of benzene rings is 1. The van der Waals surface area contributed by atoms with Crippen LogP contribution >= 0.6 is 0 Å². The lowest BCUT2D eigenvalue weighted by Crippen LogP contribution is -2.23. The van der Waals surface area contributed by atoms with Crippen LogP contribution in [0.3, 0.4) is 0 Å². The quantitative estimate of drug-likeness (QED) is 0.762. The van der Waals surface area contributed by atoms with Crippen LogP contribution in [0.15, 0.2) is 48.7 Å². The van der Waals surface area contributed by atoms with Crippen molar-refractivity contribution < 1.29 is 0 Å². The van der Waals surface area contributed by atoms with E-state index in [0.717, 1.165) is 19.6 Å². The predicted octanol–water partition coefficient (Wildman–Crippen LogP) is 3.32. The summed E-state index contributed by atoms with van der Waals surface area (Å²) in [4.78, 5) is 2.43. The standard InChI is InChI=1S/C15H20N2/c1-3-16(4-2)13-15-11-8-12-17(15)14-9-6-5-7-10-14/h5-12H,3-4,13H2,1-2H3. The Morgan fingerprint density at radius 1 is 0.941 bits per heavy atom. The molecule has 0 aliphatic carbocycles. The van der Waals surface area contributed by atoms with Gasteiger partial charge in [0.15, 0.2) is 0 Å². The molecule has 2 heteroatoms. The van der Waals surface area contributed by atoms with Gasteiger partial charge in [-0.15, -0.1) is 0 Å². The molecule has 90 valence electrons. The molecule has 0 saturated heterocycles. The van der Waals surface area contributed by atoms with E-state index in [4.69, 9.17) is 0 Å². The minimum atomic E-state index is 1.01. The maximum absolute atomic E-state index is 2.43. The molecule has 0 N–H and O–H groups in total. The third-order valence-corrected chi connectivity index (χ3v) is 3.15. The van der Waals surface area contributed by atoms with Gasteiger partial charge in [0.05, 0.1) is 0 Å². The fourth-order valence-electron chi connectivity index (χ4n) is 2.06. The lowest BCUT2D eigenvalue weighted by atomic mass is 10.3. The van der Waals surface area contributed by atoms with Gasteiger partial charge in [0.1, 0.15) is 0 Å². The summed E-state index contributed by atoms with van der Waals surface area (Å²) >= 11 is 0. The summed E-state index contributed by atoms with van der Waals surface area (Å²) < 4.78 is 2.26. The van der Waals surface area contributed by atoms with E-state index in [0.29, 0.717) is 0 Å². The van der Waals surface area contributed by atoms with Gasteiger partial charge in [-0.25, -0.2) is 0 Å². The van der Waals surface area contributed by atoms with Crippen molar-refractivity contribution >= 4 is 0 Å². The summed E-state index contributed by atoms with van der Waals surface area (Å²) in [5.74, 6) is 0. The molecule has 1 aromatic heterocycles. The molecule has 2 rings (SSSR count). The molecule has 0 radical (unpaired) electrons. The molecule has 0 bridgehead atoms. The van der Waals surface area contributed by atoms with Crippen molar-refractivity contribution in [3.63, 3.8) is 0 Å². The fraction of sp³-hybridized carbons (Fsp3) is 0.333. The predicted molar refractivity (Wildman–Crippen MR) is 72.4 cm³/mol. The van der Waals surface area contributed by atoms with Gasteiger partial charge in [-0.3, -0.25) is 4.90 Å². The summed E-state index contributed by atoms with van der Waals surface area (Å²) in [5, 5.41) is 0. The van der Waals surface area contributed by atoms with Crippen molar-refractivity contribution in [2.45, 2.75) is 20.4 Å². The van der Waals surface area contributed by atoms with Crippen molar-refractivity contribution in [1.29, 1.82) is 0 Å². The highest BCUT2D eigenvalue weighted by Gasteiger charge is 2.06. The highest BCUT2D eigenvalue weighted by Crippen LogP contribution is 2.14. The number of para-hydroxylation sites is 1. The number of hydrogen-bond donors (Lipinski definition) is 0. The van der Waals surface area contributed by atoms with E-state index in [1.165, 1.54) is 11.4 Å². The number of hydrogen-bond acceptors (Lipinski definition) is 1. The molecule has 2 aromatic rings. The molecular formula is C15H20N2. The molecule has 1 heterocycles. The van der Waals surface area contributed by atoms with Crippen LogP contribution in [-0.4, -0.2) is 22.6 Å². The fourth-order valence-corrected chi connectivity index (χ4v) is 2.06. The zero-order valence-electron chi connectivity index (χ0n) is 10.6. The molecule has 0 atom stereocenters. The van der Waals surface area contributed by atoms with Gasteiger partial charge in [-0.1, -0.05) is 32.0 Å². The second-order valence-electron chi connectivity index (χ2n) is 4.17. The van der Waals surface area contributed by atoms with E-state index in [2.05, 4.69) is 72.0 Å². The smallest absolute Gasteiger partial charge is 0.0452 e. The maximum Gasteiger partial charge on any atom is 0.0452 e. The van der Waals surface area contributed by atoms with Crippen molar-refractivity contribution in [1.82, 2.24) is 9.47 Å². The van der Waals surface area contributed by atoms with Crippen LogP contribution < -0.4 is 0 Å². The Morgan fingerprint density at radius 2 is 1.65 bits per heavy atom. The summed E-state index contributed by atoms with van der Waals surface area (Å²) in [6, 6.07) is 14.8. The van der Waals surface area contributed by atoms with E-state index in [1.807, 2.05) is 0 Å². The summed E-state index contributed by atoms with van der Waals surface area (Å²) in [6.07, 6.45) is 2.13. The highest BCUT2D eigenvalue weighted by atomic mass is 15.1. The van der Waals surface area contributed by atoms with Gasteiger partial charge in [-0.2, -0.15) is 0 Å². The van der Waals surface area contributed by atoms with Crippen LogP contribution in [0.4, 0.5) is 0 Å². The highest BCUT2D eigenvalue weighted by molar-refractivity contribution is 5.34. The van der Waals surface area contributed by atoms with Gasteiger partial charge < -0.3 is 4.57 Å². The topological polar surface area (TPSA) is 8.17 Å². The Kier molecular flexibility index (Phi) is 3.99. The maximum atomic E-state index is 2.43. The average Bonchev–Trinajstić information content (AvgIpc) is 2.85. The first-order valence-electron chi connectivity index (χ1n) is 6.29. The number of aromatic nitrogens is 1. The van der Waals surface area contributed by atoms with Crippen LogP contribution in [0.2, 0.25) is 0 Å². The van der Waals surface area contributed by atoms with E-state index in [9.17, 15) is 0 Å². The Labute approximate surface area is 103 Å².